The molecule has 0 saturated carbocycles. The lowest BCUT2D eigenvalue weighted by Gasteiger charge is -2.07. The van der Waals surface area contributed by atoms with Gasteiger partial charge in [-0.25, -0.2) is 13.8 Å². The molecule has 1 heterocycles. The van der Waals surface area contributed by atoms with E-state index in [1.54, 1.807) is 0 Å². The van der Waals surface area contributed by atoms with Crippen molar-refractivity contribution in [3.8, 4) is 5.69 Å². The van der Waals surface area contributed by atoms with Gasteiger partial charge in [0, 0.05) is 17.8 Å². The van der Waals surface area contributed by atoms with Gasteiger partial charge in [0.25, 0.3) is 0 Å². The van der Waals surface area contributed by atoms with Gasteiger partial charge in [-0.15, -0.1) is 0 Å². The van der Waals surface area contributed by atoms with E-state index in [1.807, 2.05) is 31.2 Å². The number of nitrogens with two attached hydrogens (primary N) is 1. The molecule has 0 atom stereocenters. The first-order valence-corrected chi connectivity index (χ1v) is 5.76. The second-order valence-corrected chi connectivity index (χ2v) is 4.40. The molecule has 0 radical (unpaired) electrons. The fraction of sp³-hybridized carbons (Fsp3) is 0.0714. The predicted octanol–water partition coefficient (Wildman–Crippen LogP) is 3.19. The average Bonchev–Trinajstić information content (AvgIpc) is 2.66. The number of aromatic nitrogens is 2. The molecule has 0 amide bonds. The molecule has 0 unspecified atom stereocenters. The minimum Gasteiger partial charge on any atom is -0.369 e. The van der Waals surface area contributed by atoms with Crippen molar-refractivity contribution in [2.24, 2.45) is 0 Å². The summed E-state index contributed by atoms with van der Waals surface area (Å²) >= 11 is 0. The van der Waals surface area contributed by atoms with Crippen molar-refractivity contribution in [3.05, 3.63) is 53.6 Å². The zero-order valence-electron chi connectivity index (χ0n) is 10.2. The Balaban J connectivity index is 2.38. The molecule has 0 aliphatic rings. The van der Waals surface area contributed by atoms with Gasteiger partial charge in [-0.3, -0.25) is 4.57 Å². The van der Waals surface area contributed by atoms with E-state index < -0.39 is 11.6 Å². The number of hydrogen-bond acceptors (Lipinski definition) is 2. The number of benzene rings is 2. The summed E-state index contributed by atoms with van der Waals surface area (Å²) in [6.07, 6.45) is 0. The molecule has 0 aliphatic carbocycles. The maximum Gasteiger partial charge on any atom is 0.206 e. The molecule has 96 valence electrons. The molecular formula is C14H11F2N3. The molecule has 19 heavy (non-hydrogen) atoms. The molecule has 3 rings (SSSR count). The van der Waals surface area contributed by atoms with Crippen molar-refractivity contribution in [1.82, 2.24) is 9.55 Å². The highest BCUT2D eigenvalue weighted by atomic mass is 19.1. The first kappa shape index (κ1) is 11.6. The Kier molecular flexibility index (Phi) is 2.48. The lowest BCUT2D eigenvalue weighted by molar-refractivity contribution is 0.590. The molecule has 0 saturated heterocycles. The monoisotopic (exact) mass is 259 g/mol. The number of fused-ring (bicyclic) bond motifs is 1. The van der Waals surface area contributed by atoms with Gasteiger partial charge in [0.15, 0.2) is 5.82 Å². The Morgan fingerprint density at radius 2 is 1.95 bits per heavy atom. The Labute approximate surface area is 108 Å². The Hall–Kier alpha value is -2.43. The summed E-state index contributed by atoms with van der Waals surface area (Å²) in [6, 6.07) is 9.50. The summed E-state index contributed by atoms with van der Waals surface area (Å²) in [7, 11) is 0. The van der Waals surface area contributed by atoms with Gasteiger partial charge >= 0.3 is 0 Å². The van der Waals surface area contributed by atoms with Gasteiger partial charge in [-0.2, -0.15) is 0 Å². The molecular weight excluding hydrogens is 248 g/mol. The number of imidazole rings is 1. The van der Waals surface area contributed by atoms with Crippen LogP contribution in [0.4, 0.5) is 14.7 Å². The zero-order valence-corrected chi connectivity index (χ0v) is 10.2. The Morgan fingerprint density at radius 1 is 1.16 bits per heavy atom. The minimum absolute atomic E-state index is 0.0698. The fourth-order valence-corrected chi connectivity index (χ4v) is 2.16. The van der Waals surface area contributed by atoms with E-state index in [1.165, 1.54) is 10.6 Å². The van der Waals surface area contributed by atoms with Crippen molar-refractivity contribution in [3.63, 3.8) is 0 Å². The van der Waals surface area contributed by atoms with Gasteiger partial charge in [0.05, 0.1) is 5.52 Å². The van der Waals surface area contributed by atoms with Crippen molar-refractivity contribution >= 4 is 17.0 Å². The van der Waals surface area contributed by atoms with Crippen LogP contribution in [0, 0.1) is 18.6 Å². The van der Waals surface area contributed by atoms with Gasteiger partial charge in [-0.05, 0) is 24.6 Å². The number of halogens is 2. The lowest BCUT2D eigenvalue weighted by Crippen LogP contribution is -2.00. The second kappa shape index (κ2) is 4.05. The molecule has 5 heteroatoms. The standard InChI is InChI=1S/C14H11F2N3/c1-8-3-2-4-10(5-8)19-12-7-9(15)6-11(16)13(12)18-14(19)17/h2-7H,1H3,(H2,17,18). The van der Waals surface area contributed by atoms with Crippen molar-refractivity contribution in [2.45, 2.75) is 6.92 Å². The highest BCUT2D eigenvalue weighted by Gasteiger charge is 2.15. The Bertz CT molecular complexity index is 778. The summed E-state index contributed by atoms with van der Waals surface area (Å²) in [4.78, 5) is 3.96. The summed E-state index contributed by atoms with van der Waals surface area (Å²) < 4.78 is 28.6. The van der Waals surface area contributed by atoms with E-state index in [4.69, 9.17) is 5.73 Å². The van der Waals surface area contributed by atoms with E-state index >= 15 is 0 Å². The van der Waals surface area contributed by atoms with E-state index in [9.17, 15) is 8.78 Å². The lowest BCUT2D eigenvalue weighted by atomic mass is 10.2. The van der Waals surface area contributed by atoms with Crippen molar-refractivity contribution in [1.29, 1.82) is 0 Å². The highest BCUT2D eigenvalue weighted by molar-refractivity contribution is 5.81. The molecule has 1 aromatic heterocycles. The predicted molar refractivity (Wildman–Crippen MR) is 70.1 cm³/mol. The van der Waals surface area contributed by atoms with E-state index in [0.717, 1.165) is 17.3 Å². The third-order valence-electron chi connectivity index (χ3n) is 2.96. The largest absolute Gasteiger partial charge is 0.369 e. The van der Waals surface area contributed by atoms with Gasteiger partial charge in [-0.1, -0.05) is 12.1 Å². The summed E-state index contributed by atoms with van der Waals surface area (Å²) in [6.45, 7) is 1.93. The SMILES string of the molecule is Cc1cccc(-n2c(N)nc3c(F)cc(F)cc32)c1. The van der Waals surface area contributed by atoms with E-state index in [2.05, 4.69) is 4.98 Å². The number of rotatable bonds is 1. The maximum atomic E-state index is 13.7. The number of aryl methyl sites for hydroxylation is 1. The van der Waals surface area contributed by atoms with Crippen LogP contribution in [0.15, 0.2) is 36.4 Å². The quantitative estimate of drug-likeness (QED) is 0.729. The third-order valence-corrected chi connectivity index (χ3v) is 2.96. The molecule has 3 nitrogen and oxygen atoms in total. The topological polar surface area (TPSA) is 43.8 Å². The molecule has 2 aromatic carbocycles. The molecule has 0 fully saturated rings. The van der Waals surface area contributed by atoms with Crippen LogP contribution < -0.4 is 5.73 Å². The minimum atomic E-state index is -0.715. The van der Waals surface area contributed by atoms with Crippen LogP contribution in [0.3, 0.4) is 0 Å². The number of anilines is 1. The van der Waals surface area contributed by atoms with Crippen molar-refractivity contribution < 1.29 is 8.78 Å². The first-order chi connectivity index (χ1) is 9.06. The van der Waals surface area contributed by atoms with Crippen LogP contribution in [0.25, 0.3) is 16.7 Å². The number of nitrogen functional groups attached to an aromatic ring is 1. The normalized spacial score (nSPS) is 11.1. The molecule has 0 bridgehead atoms. The summed E-state index contributed by atoms with van der Waals surface area (Å²) in [5, 5.41) is 0. The maximum absolute atomic E-state index is 13.7. The van der Waals surface area contributed by atoms with Gasteiger partial charge in [0.2, 0.25) is 5.95 Å². The van der Waals surface area contributed by atoms with Crippen LogP contribution in [-0.4, -0.2) is 9.55 Å². The van der Waals surface area contributed by atoms with E-state index in [0.29, 0.717) is 5.52 Å². The Morgan fingerprint density at radius 3 is 2.68 bits per heavy atom. The van der Waals surface area contributed by atoms with Crippen LogP contribution in [0.1, 0.15) is 5.56 Å². The molecule has 2 N–H and O–H groups in total. The zero-order chi connectivity index (χ0) is 13.6. The first-order valence-electron chi connectivity index (χ1n) is 5.76. The third kappa shape index (κ3) is 1.83. The van der Waals surface area contributed by atoms with Gasteiger partial charge in [0.1, 0.15) is 11.3 Å². The van der Waals surface area contributed by atoms with Gasteiger partial charge < -0.3 is 5.73 Å². The van der Waals surface area contributed by atoms with E-state index in [-0.39, 0.29) is 11.5 Å². The molecule has 3 aromatic rings. The second-order valence-electron chi connectivity index (χ2n) is 4.40. The average molecular weight is 259 g/mol. The van der Waals surface area contributed by atoms with Crippen LogP contribution in [0.5, 0.6) is 0 Å². The van der Waals surface area contributed by atoms with Crippen molar-refractivity contribution in [2.75, 3.05) is 5.73 Å². The summed E-state index contributed by atoms with van der Waals surface area (Å²) in [5.74, 6) is -1.24. The summed E-state index contributed by atoms with van der Waals surface area (Å²) in [5.41, 5.74) is 7.96. The molecule has 0 spiro atoms. The van der Waals surface area contributed by atoms with Crippen LogP contribution >= 0.6 is 0 Å². The number of nitrogens with zero attached hydrogens (tertiary/aromatic N) is 2. The van der Waals surface area contributed by atoms with Crippen LogP contribution in [-0.2, 0) is 0 Å². The molecule has 0 aliphatic heterocycles. The fourth-order valence-electron chi connectivity index (χ4n) is 2.16. The highest BCUT2D eigenvalue weighted by Crippen LogP contribution is 2.26. The smallest absolute Gasteiger partial charge is 0.206 e. The van der Waals surface area contributed by atoms with Crippen LogP contribution in [0.2, 0.25) is 0 Å². The number of hydrogen-bond donors (Lipinski definition) is 1.